The van der Waals surface area contributed by atoms with Gasteiger partial charge in [-0.3, -0.25) is 4.90 Å². The molecule has 3 heterocycles. The van der Waals surface area contributed by atoms with Crippen LogP contribution in [-0.2, 0) is 22.6 Å². The number of aromatic nitrogens is 3. The van der Waals surface area contributed by atoms with Crippen molar-refractivity contribution >= 4 is 17.2 Å². The second-order valence-electron chi connectivity index (χ2n) is 5.38. The van der Waals surface area contributed by atoms with Gasteiger partial charge in [0.1, 0.15) is 10.8 Å². The summed E-state index contributed by atoms with van der Waals surface area (Å²) in [5, 5.41) is 14.3. The summed E-state index contributed by atoms with van der Waals surface area (Å²) in [5.74, 6) is 0.775. The van der Waals surface area contributed by atoms with Gasteiger partial charge in [-0.25, -0.2) is 4.98 Å². The first-order chi connectivity index (χ1) is 11.3. The zero-order chi connectivity index (χ0) is 15.9. The zero-order valence-electron chi connectivity index (χ0n) is 13.1. The van der Waals surface area contributed by atoms with Gasteiger partial charge in [0.15, 0.2) is 0 Å². The van der Waals surface area contributed by atoms with Crippen LogP contribution in [0.1, 0.15) is 10.7 Å². The number of hydrogen-bond donors (Lipinski definition) is 1. The Morgan fingerprint density at radius 2 is 2.48 bits per heavy atom. The maximum Gasteiger partial charge on any atom is 0.148 e. The van der Waals surface area contributed by atoms with Gasteiger partial charge < -0.3 is 14.8 Å². The summed E-state index contributed by atoms with van der Waals surface area (Å²) in [6.45, 7) is 4.70. The molecular weight excluding hydrogens is 314 g/mol. The topological polar surface area (TPSA) is 72.4 Å². The first-order valence-electron chi connectivity index (χ1n) is 7.61. The van der Waals surface area contributed by atoms with Crippen molar-refractivity contribution in [3.05, 3.63) is 34.4 Å². The highest BCUT2D eigenvalue weighted by Crippen LogP contribution is 2.15. The van der Waals surface area contributed by atoms with Crippen LogP contribution >= 0.6 is 11.3 Å². The van der Waals surface area contributed by atoms with Crippen LogP contribution < -0.4 is 5.32 Å². The minimum absolute atomic E-state index is 0.142. The molecular formula is C15H21N5O2S. The van der Waals surface area contributed by atoms with E-state index < -0.39 is 0 Å². The lowest BCUT2D eigenvalue weighted by Gasteiger charge is -2.32. The Kier molecular flexibility index (Phi) is 5.87. The quantitative estimate of drug-likeness (QED) is 0.820. The van der Waals surface area contributed by atoms with Crippen LogP contribution in [0.25, 0.3) is 0 Å². The van der Waals surface area contributed by atoms with Crippen molar-refractivity contribution in [3.63, 3.8) is 0 Å². The van der Waals surface area contributed by atoms with Crippen molar-refractivity contribution < 1.29 is 9.47 Å². The van der Waals surface area contributed by atoms with Gasteiger partial charge in [-0.2, -0.15) is 5.10 Å². The molecule has 3 rings (SSSR count). The molecule has 23 heavy (non-hydrogen) atoms. The number of ether oxygens (including phenoxy) is 2. The third-order valence-corrected chi connectivity index (χ3v) is 4.43. The molecule has 0 aromatic carbocycles. The van der Waals surface area contributed by atoms with Crippen LogP contribution in [0.3, 0.4) is 0 Å². The lowest BCUT2D eigenvalue weighted by Crippen LogP contribution is -2.44. The van der Waals surface area contributed by atoms with Crippen molar-refractivity contribution in [2.75, 3.05) is 38.7 Å². The number of anilines is 1. The van der Waals surface area contributed by atoms with Crippen LogP contribution in [0.2, 0.25) is 0 Å². The molecule has 1 atom stereocenters. The average molecular weight is 335 g/mol. The second-order valence-corrected chi connectivity index (χ2v) is 6.33. The van der Waals surface area contributed by atoms with E-state index in [9.17, 15) is 0 Å². The summed E-state index contributed by atoms with van der Waals surface area (Å²) in [6.07, 6.45) is 1.80. The van der Waals surface area contributed by atoms with Crippen molar-refractivity contribution in [1.29, 1.82) is 0 Å². The van der Waals surface area contributed by atoms with E-state index >= 15 is 0 Å². The Morgan fingerprint density at radius 3 is 3.30 bits per heavy atom. The van der Waals surface area contributed by atoms with Crippen LogP contribution in [-0.4, -0.2) is 59.5 Å². The van der Waals surface area contributed by atoms with E-state index in [4.69, 9.17) is 9.47 Å². The van der Waals surface area contributed by atoms with Crippen LogP contribution in [0.4, 0.5) is 5.82 Å². The van der Waals surface area contributed by atoms with E-state index in [0.29, 0.717) is 6.61 Å². The molecule has 0 amide bonds. The smallest absolute Gasteiger partial charge is 0.148 e. The molecule has 0 saturated carbocycles. The Hall–Kier alpha value is -1.61. The molecule has 0 unspecified atom stereocenters. The van der Waals surface area contributed by atoms with Gasteiger partial charge in [-0.05, 0) is 12.1 Å². The predicted octanol–water partition coefficient (Wildman–Crippen LogP) is 1.39. The number of nitrogens with zero attached hydrogens (tertiary/aromatic N) is 4. The third-order valence-electron chi connectivity index (χ3n) is 3.56. The molecule has 0 aliphatic carbocycles. The summed E-state index contributed by atoms with van der Waals surface area (Å²) in [7, 11) is 1.69. The predicted molar refractivity (Wildman–Crippen MR) is 88.4 cm³/mol. The Balaban J connectivity index is 1.47. The molecule has 7 nitrogen and oxygen atoms in total. The average Bonchev–Trinajstić information content (AvgIpc) is 3.02. The number of methoxy groups -OCH3 is 1. The SMILES string of the molecule is COCc1nc(CN2CCO[C@@H](CNc3cccnn3)C2)cs1. The number of thiazole rings is 1. The molecule has 1 N–H and O–H groups in total. The van der Waals surface area contributed by atoms with Crippen molar-refractivity contribution in [3.8, 4) is 0 Å². The van der Waals surface area contributed by atoms with Gasteiger partial charge >= 0.3 is 0 Å². The highest BCUT2D eigenvalue weighted by Gasteiger charge is 2.21. The highest BCUT2D eigenvalue weighted by molar-refractivity contribution is 7.09. The van der Waals surface area contributed by atoms with Crippen molar-refractivity contribution in [2.45, 2.75) is 19.3 Å². The Bertz CT molecular complexity index is 595. The molecule has 0 bridgehead atoms. The van der Waals surface area contributed by atoms with Crippen LogP contribution in [0, 0.1) is 0 Å². The van der Waals surface area contributed by atoms with Gasteiger partial charge in [-0.1, -0.05) is 0 Å². The number of rotatable bonds is 7. The molecule has 0 radical (unpaired) electrons. The fourth-order valence-electron chi connectivity index (χ4n) is 2.50. The van der Waals surface area contributed by atoms with Crippen LogP contribution in [0.15, 0.2) is 23.7 Å². The Morgan fingerprint density at radius 1 is 1.52 bits per heavy atom. The fourth-order valence-corrected chi connectivity index (χ4v) is 3.26. The van der Waals surface area contributed by atoms with E-state index in [1.165, 1.54) is 0 Å². The molecule has 1 saturated heterocycles. The molecule has 2 aromatic heterocycles. The van der Waals surface area contributed by atoms with Crippen LogP contribution in [0.5, 0.6) is 0 Å². The largest absolute Gasteiger partial charge is 0.378 e. The Labute approximate surface area is 139 Å². The normalized spacial score (nSPS) is 18.9. The van der Waals surface area contributed by atoms with Crippen molar-refractivity contribution in [2.24, 2.45) is 0 Å². The fraction of sp³-hybridized carbons (Fsp3) is 0.533. The highest BCUT2D eigenvalue weighted by atomic mass is 32.1. The summed E-state index contributed by atoms with van der Waals surface area (Å²) in [5.41, 5.74) is 1.10. The zero-order valence-corrected chi connectivity index (χ0v) is 14.0. The van der Waals surface area contributed by atoms with Gasteiger partial charge in [0, 0.05) is 44.9 Å². The minimum Gasteiger partial charge on any atom is -0.378 e. The summed E-state index contributed by atoms with van der Waals surface area (Å²) in [6, 6.07) is 3.77. The van der Waals surface area contributed by atoms with Crippen molar-refractivity contribution in [1.82, 2.24) is 20.1 Å². The number of hydrogen-bond acceptors (Lipinski definition) is 8. The number of morpholine rings is 1. The van der Waals surface area contributed by atoms with E-state index in [0.717, 1.165) is 49.3 Å². The van der Waals surface area contributed by atoms with E-state index in [1.54, 1.807) is 24.6 Å². The maximum atomic E-state index is 5.82. The minimum atomic E-state index is 0.142. The van der Waals surface area contributed by atoms with E-state index in [2.05, 4.69) is 30.8 Å². The molecule has 1 fully saturated rings. The monoisotopic (exact) mass is 335 g/mol. The molecule has 124 valence electrons. The summed E-state index contributed by atoms with van der Waals surface area (Å²) in [4.78, 5) is 6.96. The molecule has 0 spiro atoms. The summed E-state index contributed by atoms with van der Waals surface area (Å²) < 4.78 is 10.9. The third kappa shape index (κ3) is 4.93. The lowest BCUT2D eigenvalue weighted by atomic mass is 10.2. The molecule has 2 aromatic rings. The maximum absolute atomic E-state index is 5.82. The van der Waals surface area contributed by atoms with E-state index in [1.807, 2.05) is 12.1 Å². The lowest BCUT2D eigenvalue weighted by molar-refractivity contribution is -0.0244. The molecule has 1 aliphatic heterocycles. The standard InChI is InChI=1S/C15H21N5O2S/c1-21-10-15-18-12(11-23-15)8-20-5-6-22-13(9-20)7-16-14-3-2-4-17-19-14/h2-4,11,13H,5-10H2,1H3,(H,16,19)/t13-/m0/s1. The number of nitrogens with one attached hydrogen (secondary N) is 1. The second kappa shape index (κ2) is 8.30. The summed E-state index contributed by atoms with van der Waals surface area (Å²) >= 11 is 1.65. The van der Waals surface area contributed by atoms with Gasteiger partial charge in [0.2, 0.25) is 0 Å². The van der Waals surface area contributed by atoms with Gasteiger partial charge in [-0.15, -0.1) is 16.4 Å². The van der Waals surface area contributed by atoms with Gasteiger partial charge in [0.05, 0.1) is 25.0 Å². The molecule has 8 heteroatoms. The molecule has 1 aliphatic rings. The first-order valence-corrected chi connectivity index (χ1v) is 8.49. The van der Waals surface area contributed by atoms with Gasteiger partial charge in [0.25, 0.3) is 0 Å². The van der Waals surface area contributed by atoms with E-state index in [-0.39, 0.29) is 6.10 Å². The first kappa shape index (κ1) is 16.3.